The van der Waals surface area contributed by atoms with Gasteiger partial charge in [0, 0.05) is 24.7 Å². The van der Waals surface area contributed by atoms with Crippen molar-refractivity contribution in [3.63, 3.8) is 0 Å². The van der Waals surface area contributed by atoms with E-state index in [-0.39, 0.29) is 11.3 Å². The molecule has 0 bridgehead atoms. The number of H-pyrrole nitrogens is 1. The molecule has 22 heavy (non-hydrogen) atoms. The van der Waals surface area contributed by atoms with E-state index in [1.807, 2.05) is 19.1 Å². The number of nitrogens with zero attached hydrogens (tertiary/aromatic N) is 2. The van der Waals surface area contributed by atoms with Crippen molar-refractivity contribution >= 4 is 5.69 Å². The Balaban J connectivity index is 1.94. The maximum atomic E-state index is 11.6. The van der Waals surface area contributed by atoms with Crippen LogP contribution in [0.1, 0.15) is 12.5 Å². The van der Waals surface area contributed by atoms with Crippen molar-refractivity contribution < 1.29 is 9.84 Å². The van der Waals surface area contributed by atoms with E-state index >= 15 is 0 Å². The van der Waals surface area contributed by atoms with Crippen LogP contribution in [0.4, 0.5) is 5.69 Å². The molecule has 0 atom stereocenters. The molecule has 0 aromatic carbocycles. The highest BCUT2D eigenvalue weighted by Crippen LogP contribution is 2.27. The zero-order chi connectivity index (χ0) is 15.5. The summed E-state index contributed by atoms with van der Waals surface area (Å²) in [6.45, 7) is 5.08. The summed E-state index contributed by atoms with van der Waals surface area (Å²) in [5.74, 6) is 0.0142. The third kappa shape index (κ3) is 2.82. The standard InChI is InChI=1S/C16H19N3O3/c1-2-12-14(20)9-15(21)18-16(12)13-4-3-11(10-17-13)19-5-7-22-8-6-19/h3-4,9-10H,2,5-8H2,1H3,(H2,18,20,21). The van der Waals surface area contributed by atoms with E-state index in [1.165, 1.54) is 6.07 Å². The second-order valence-corrected chi connectivity index (χ2v) is 5.23. The van der Waals surface area contributed by atoms with Crippen molar-refractivity contribution in [1.82, 2.24) is 9.97 Å². The lowest BCUT2D eigenvalue weighted by Gasteiger charge is -2.28. The molecule has 116 valence electrons. The highest BCUT2D eigenvalue weighted by atomic mass is 16.5. The summed E-state index contributed by atoms with van der Waals surface area (Å²) in [5, 5.41) is 9.92. The molecule has 0 saturated carbocycles. The molecule has 2 aromatic rings. The Labute approximate surface area is 128 Å². The van der Waals surface area contributed by atoms with E-state index < -0.39 is 0 Å². The molecule has 1 fully saturated rings. The lowest BCUT2D eigenvalue weighted by Crippen LogP contribution is -2.36. The Morgan fingerprint density at radius 2 is 2.14 bits per heavy atom. The number of anilines is 1. The van der Waals surface area contributed by atoms with Gasteiger partial charge in [-0.2, -0.15) is 0 Å². The number of ether oxygens (including phenoxy) is 1. The van der Waals surface area contributed by atoms with Gasteiger partial charge in [-0.25, -0.2) is 0 Å². The van der Waals surface area contributed by atoms with Gasteiger partial charge in [0.05, 0.1) is 36.5 Å². The predicted octanol–water partition coefficient (Wildman–Crippen LogP) is 1.54. The van der Waals surface area contributed by atoms with Crippen LogP contribution in [0.25, 0.3) is 11.4 Å². The normalized spacial score (nSPS) is 15.0. The number of hydrogen-bond acceptors (Lipinski definition) is 5. The van der Waals surface area contributed by atoms with Gasteiger partial charge in [-0.05, 0) is 18.6 Å². The molecule has 0 aliphatic carbocycles. The Kier molecular flexibility index (Phi) is 4.11. The summed E-state index contributed by atoms with van der Waals surface area (Å²) in [6.07, 6.45) is 2.41. The first-order valence-electron chi connectivity index (χ1n) is 7.43. The molecule has 0 unspecified atom stereocenters. The number of pyridine rings is 2. The van der Waals surface area contributed by atoms with Gasteiger partial charge < -0.3 is 19.7 Å². The smallest absolute Gasteiger partial charge is 0.252 e. The van der Waals surface area contributed by atoms with Gasteiger partial charge in [0.15, 0.2) is 0 Å². The third-order valence-corrected chi connectivity index (χ3v) is 3.86. The van der Waals surface area contributed by atoms with Crippen LogP contribution in [0.5, 0.6) is 5.75 Å². The summed E-state index contributed by atoms with van der Waals surface area (Å²) >= 11 is 0. The number of nitrogens with one attached hydrogen (secondary N) is 1. The van der Waals surface area contributed by atoms with Crippen LogP contribution >= 0.6 is 0 Å². The summed E-state index contributed by atoms with van der Waals surface area (Å²) in [7, 11) is 0. The van der Waals surface area contributed by atoms with Gasteiger partial charge in [0.1, 0.15) is 5.75 Å². The average Bonchev–Trinajstić information content (AvgIpc) is 2.55. The summed E-state index contributed by atoms with van der Waals surface area (Å²) in [5.41, 5.74) is 2.64. The van der Waals surface area contributed by atoms with Crippen LogP contribution in [0, 0.1) is 0 Å². The highest BCUT2D eigenvalue weighted by Gasteiger charge is 2.14. The van der Waals surface area contributed by atoms with E-state index in [0.717, 1.165) is 32.0 Å². The van der Waals surface area contributed by atoms with Crippen molar-refractivity contribution in [2.75, 3.05) is 31.2 Å². The topological polar surface area (TPSA) is 78.5 Å². The molecule has 3 rings (SSSR count). The summed E-state index contributed by atoms with van der Waals surface area (Å²) < 4.78 is 5.34. The molecule has 1 saturated heterocycles. The molecule has 1 aliphatic heterocycles. The quantitative estimate of drug-likeness (QED) is 0.899. The SMILES string of the molecule is CCc1c(O)cc(=O)[nH]c1-c1ccc(N2CCOCC2)cn1. The first-order chi connectivity index (χ1) is 10.7. The van der Waals surface area contributed by atoms with Gasteiger partial charge in [0.2, 0.25) is 0 Å². The van der Waals surface area contributed by atoms with E-state index in [9.17, 15) is 9.90 Å². The maximum absolute atomic E-state index is 11.6. The average molecular weight is 301 g/mol. The van der Waals surface area contributed by atoms with Crippen LogP contribution in [0.3, 0.4) is 0 Å². The monoisotopic (exact) mass is 301 g/mol. The number of rotatable bonds is 3. The van der Waals surface area contributed by atoms with Gasteiger partial charge in [-0.3, -0.25) is 9.78 Å². The van der Waals surface area contributed by atoms with E-state index in [4.69, 9.17) is 4.74 Å². The third-order valence-electron chi connectivity index (χ3n) is 3.86. The molecule has 2 N–H and O–H groups in total. The zero-order valence-electron chi connectivity index (χ0n) is 12.5. The van der Waals surface area contributed by atoms with E-state index in [2.05, 4.69) is 14.9 Å². The fourth-order valence-electron chi connectivity index (χ4n) is 2.69. The number of aromatic amines is 1. The van der Waals surface area contributed by atoms with Crippen LogP contribution < -0.4 is 10.5 Å². The lowest BCUT2D eigenvalue weighted by atomic mass is 10.1. The van der Waals surface area contributed by atoms with Crippen LogP contribution in [0.2, 0.25) is 0 Å². The van der Waals surface area contributed by atoms with Crippen molar-refractivity contribution in [1.29, 1.82) is 0 Å². The number of hydrogen-bond donors (Lipinski definition) is 2. The number of morpholine rings is 1. The van der Waals surface area contributed by atoms with E-state index in [1.54, 1.807) is 6.20 Å². The molecule has 2 aromatic heterocycles. The van der Waals surface area contributed by atoms with Crippen LogP contribution in [-0.4, -0.2) is 41.4 Å². The minimum Gasteiger partial charge on any atom is -0.507 e. The number of aromatic hydroxyl groups is 1. The number of aromatic nitrogens is 2. The van der Waals surface area contributed by atoms with Gasteiger partial charge in [-0.15, -0.1) is 0 Å². The fraction of sp³-hybridized carbons (Fsp3) is 0.375. The fourth-order valence-corrected chi connectivity index (χ4v) is 2.69. The van der Waals surface area contributed by atoms with Gasteiger partial charge in [-0.1, -0.05) is 6.92 Å². The maximum Gasteiger partial charge on any atom is 0.252 e. The second-order valence-electron chi connectivity index (χ2n) is 5.23. The molecule has 6 nitrogen and oxygen atoms in total. The molecular formula is C16H19N3O3. The first kappa shape index (κ1) is 14.6. The minimum absolute atomic E-state index is 0.0142. The molecule has 1 aliphatic rings. The van der Waals surface area contributed by atoms with Crippen LogP contribution in [0.15, 0.2) is 29.2 Å². The van der Waals surface area contributed by atoms with Gasteiger partial charge in [0.25, 0.3) is 5.56 Å². The van der Waals surface area contributed by atoms with Crippen molar-refractivity contribution in [3.8, 4) is 17.1 Å². The van der Waals surface area contributed by atoms with E-state index in [0.29, 0.717) is 23.4 Å². The molecule has 0 spiro atoms. The first-order valence-corrected chi connectivity index (χ1v) is 7.43. The van der Waals surface area contributed by atoms with Crippen molar-refractivity contribution in [2.24, 2.45) is 0 Å². The van der Waals surface area contributed by atoms with Crippen molar-refractivity contribution in [3.05, 3.63) is 40.3 Å². The largest absolute Gasteiger partial charge is 0.507 e. The minimum atomic E-state index is -0.330. The van der Waals surface area contributed by atoms with Gasteiger partial charge >= 0.3 is 0 Å². The predicted molar refractivity (Wildman–Crippen MR) is 84.4 cm³/mol. The molecule has 0 radical (unpaired) electrons. The zero-order valence-corrected chi connectivity index (χ0v) is 12.5. The summed E-state index contributed by atoms with van der Waals surface area (Å²) in [6, 6.07) is 5.05. The Hall–Kier alpha value is -2.34. The molecular weight excluding hydrogens is 282 g/mol. The summed E-state index contributed by atoms with van der Waals surface area (Å²) in [4.78, 5) is 21.0. The Morgan fingerprint density at radius 1 is 1.36 bits per heavy atom. The van der Waals surface area contributed by atoms with Crippen LogP contribution in [-0.2, 0) is 11.2 Å². The molecule has 3 heterocycles. The second kappa shape index (κ2) is 6.19. The highest BCUT2D eigenvalue weighted by molar-refractivity contribution is 5.64. The molecule has 0 amide bonds. The Bertz CT molecular complexity index is 704. The lowest BCUT2D eigenvalue weighted by molar-refractivity contribution is 0.122. The Morgan fingerprint density at radius 3 is 2.77 bits per heavy atom. The molecule has 6 heteroatoms. The van der Waals surface area contributed by atoms with Crippen molar-refractivity contribution in [2.45, 2.75) is 13.3 Å².